The van der Waals surface area contributed by atoms with Gasteiger partial charge >= 0.3 is 0 Å². The second-order valence-electron chi connectivity index (χ2n) is 9.72. The maximum Gasteiger partial charge on any atom is 0.210 e. The molecule has 4 aromatic rings. The van der Waals surface area contributed by atoms with Gasteiger partial charge in [0.15, 0.2) is 0 Å². The number of Topliss-reactive ketones (excluding diaryl/α,β-unsaturated/α-hetero) is 1. The Bertz CT molecular complexity index is 1470. The highest BCUT2D eigenvalue weighted by molar-refractivity contribution is 6.08. The summed E-state index contributed by atoms with van der Waals surface area (Å²) < 4.78 is 1.83. The van der Waals surface area contributed by atoms with E-state index in [1.54, 1.807) is 12.5 Å². The average Bonchev–Trinajstić information content (AvgIpc) is 3.56. The number of imidazole rings is 1. The van der Waals surface area contributed by atoms with Gasteiger partial charge in [0.25, 0.3) is 0 Å². The van der Waals surface area contributed by atoms with Gasteiger partial charge in [-0.3, -0.25) is 19.3 Å². The van der Waals surface area contributed by atoms with Crippen molar-refractivity contribution in [3.63, 3.8) is 0 Å². The number of aromatic nitrogens is 2. The lowest BCUT2D eigenvalue weighted by Crippen LogP contribution is -2.21. The number of rotatable bonds is 6. The molecule has 7 heteroatoms. The number of likely N-dealkylation sites (tertiary alicyclic amines) is 1. The highest BCUT2D eigenvalue weighted by Crippen LogP contribution is 2.32. The summed E-state index contributed by atoms with van der Waals surface area (Å²) in [6, 6.07) is 23.7. The number of aliphatic hydroxyl groups is 1. The molecule has 1 unspecified atom stereocenters. The molecule has 0 spiro atoms. The third-order valence-corrected chi connectivity index (χ3v) is 7.24. The number of nitrogens with two attached hydrogens (primary N) is 1. The van der Waals surface area contributed by atoms with E-state index in [0.29, 0.717) is 24.5 Å². The largest absolute Gasteiger partial charge is 0.392 e. The van der Waals surface area contributed by atoms with Crippen LogP contribution in [0.4, 0.5) is 0 Å². The predicted molar refractivity (Wildman–Crippen MR) is 144 cm³/mol. The molecule has 1 saturated heterocycles. The van der Waals surface area contributed by atoms with E-state index in [2.05, 4.69) is 45.2 Å². The van der Waals surface area contributed by atoms with E-state index in [4.69, 9.17) is 5.73 Å². The number of aliphatic imine (C=N–C) groups is 1. The number of carbonyl (C=O) groups is 1. The Kier molecular flexibility index (Phi) is 6.26. The van der Waals surface area contributed by atoms with E-state index in [1.165, 1.54) is 5.56 Å². The van der Waals surface area contributed by atoms with Crippen LogP contribution in [0.25, 0.3) is 16.8 Å². The number of carbonyl (C=O) groups excluding carboxylic acids is 1. The number of fused-ring (bicyclic) bond motifs is 1. The second kappa shape index (κ2) is 9.86. The molecule has 37 heavy (non-hydrogen) atoms. The summed E-state index contributed by atoms with van der Waals surface area (Å²) in [5.41, 5.74) is 13.1. The van der Waals surface area contributed by atoms with Crippen LogP contribution in [0.2, 0.25) is 0 Å². The minimum Gasteiger partial charge on any atom is -0.392 e. The average molecular weight is 492 g/mol. The summed E-state index contributed by atoms with van der Waals surface area (Å²) in [6.07, 6.45) is 3.96. The highest BCUT2D eigenvalue weighted by Gasteiger charge is 2.31. The molecule has 186 valence electrons. The van der Waals surface area contributed by atoms with Gasteiger partial charge in [0.2, 0.25) is 5.78 Å². The van der Waals surface area contributed by atoms with Crippen LogP contribution in [-0.2, 0) is 13.1 Å². The van der Waals surface area contributed by atoms with E-state index in [-0.39, 0.29) is 11.9 Å². The van der Waals surface area contributed by atoms with Gasteiger partial charge in [0.05, 0.1) is 12.3 Å². The van der Waals surface area contributed by atoms with Crippen LogP contribution in [0.5, 0.6) is 0 Å². The van der Waals surface area contributed by atoms with Gasteiger partial charge in [-0.25, -0.2) is 4.98 Å². The number of ketones is 1. The van der Waals surface area contributed by atoms with E-state index < -0.39 is 6.04 Å². The molecule has 1 fully saturated rings. The summed E-state index contributed by atoms with van der Waals surface area (Å²) in [7, 11) is 0. The quantitative estimate of drug-likeness (QED) is 0.426. The number of nitrogens with zero attached hydrogens (tertiary/aromatic N) is 4. The van der Waals surface area contributed by atoms with E-state index in [9.17, 15) is 9.90 Å². The number of hydrogen-bond donors (Lipinski definition) is 2. The molecule has 3 heterocycles. The molecule has 3 N–H and O–H groups in total. The van der Waals surface area contributed by atoms with Gasteiger partial charge in [0.1, 0.15) is 23.8 Å². The Balaban J connectivity index is 1.27. The fourth-order valence-electron chi connectivity index (χ4n) is 5.29. The van der Waals surface area contributed by atoms with Crippen molar-refractivity contribution in [2.24, 2.45) is 10.7 Å². The summed E-state index contributed by atoms with van der Waals surface area (Å²) in [4.78, 5) is 24.9. The van der Waals surface area contributed by atoms with Crippen molar-refractivity contribution < 1.29 is 9.90 Å². The van der Waals surface area contributed by atoms with Crippen LogP contribution >= 0.6 is 0 Å². The summed E-state index contributed by atoms with van der Waals surface area (Å²) in [6.45, 7) is 2.85. The number of β-amino-alcohol motifs (C(OH)–C–C–N with tert-alkyl or cyclic N) is 1. The molecule has 0 radical (unpaired) electrons. The first kappa shape index (κ1) is 23.5. The summed E-state index contributed by atoms with van der Waals surface area (Å²) in [5, 5.41) is 9.90. The van der Waals surface area contributed by atoms with Crippen molar-refractivity contribution in [2.45, 2.75) is 31.7 Å². The number of aliphatic hydroxyl groups excluding tert-OH is 1. The lowest BCUT2D eigenvalue weighted by Gasteiger charge is -2.19. The lowest BCUT2D eigenvalue weighted by atomic mass is 9.94. The van der Waals surface area contributed by atoms with E-state index in [0.717, 1.165) is 47.5 Å². The minimum absolute atomic E-state index is 0.0751. The molecule has 0 aliphatic carbocycles. The topological polar surface area (TPSA) is 96.7 Å². The van der Waals surface area contributed by atoms with Crippen LogP contribution in [0, 0.1) is 0 Å². The molecule has 0 saturated carbocycles. The van der Waals surface area contributed by atoms with Crippen LogP contribution in [0.15, 0.2) is 84.1 Å². The molecule has 2 aliphatic rings. The van der Waals surface area contributed by atoms with E-state index >= 15 is 0 Å². The Hall–Kier alpha value is -3.91. The highest BCUT2D eigenvalue weighted by atomic mass is 16.3. The molecule has 2 aliphatic heterocycles. The van der Waals surface area contributed by atoms with Gasteiger partial charge in [-0.05, 0) is 46.4 Å². The normalized spacial score (nSPS) is 19.4. The number of hydrogen-bond acceptors (Lipinski definition) is 6. The minimum atomic E-state index is -0.615. The van der Waals surface area contributed by atoms with Crippen LogP contribution in [0.1, 0.15) is 45.3 Å². The van der Waals surface area contributed by atoms with Crippen molar-refractivity contribution in [3.8, 4) is 16.8 Å². The van der Waals surface area contributed by atoms with Crippen LogP contribution in [0.3, 0.4) is 0 Å². The molecular weight excluding hydrogens is 462 g/mol. The Morgan fingerprint density at radius 2 is 1.86 bits per heavy atom. The number of benzene rings is 3. The monoisotopic (exact) mass is 491 g/mol. The molecule has 0 bridgehead atoms. The van der Waals surface area contributed by atoms with Gasteiger partial charge < -0.3 is 10.8 Å². The van der Waals surface area contributed by atoms with Crippen molar-refractivity contribution in [3.05, 3.63) is 107 Å². The maximum atomic E-state index is 13.6. The molecule has 7 nitrogen and oxygen atoms in total. The maximum absolute atomic E-state index is 13.6. The third kappa shape index (κ3) is 4.53. The second-order valence-corrected chi connectivity index (χ2v) is 9.72. The van der Waals surface area contributed by atoms with Gasteiger partial charge in [-0.2, -0.15) is 0 Å². The van der Waals surface area contributed by atoms with Crippen molar-refractivity contribution >= 4 is 12.0 Å². The van der Waals surface area contributed by atoms with Crippen LogP contribution in [-0.4, -0.2) is 50.7 Å². The zero-order valence-corrected chi connectivity index (χ0v) is 20.5. The lowest BCUT2D eigenvalue weighted by molar-refractivity contribution is 0.0953. The zero-order chi connectivity index (χ0) is 25.4. The van der Waals surface area contributed by atoms with E-state index in [1.807, 2.05) is 47.0 Å². The first-order valence-corrected chi connectivity index (χ1v) is 12.6. The Labute approximate surface area is 215 Å². The summed E-state index contributed by atoms with van der Waals surface area (Å²) >= 11 is 0. The van der Waals surface area contributed by atoms with Gasteiger partial charge in [-0.1, -0.05) is 60.7 Å². The Morgan fingerprint density at radius 3 is 2.65 bits per heavy atom. The molecule has 0 amide bonds. The smallest absolute Gasteiger partial charge is 0.210 e. The first-order chi connectivity index (χ1) is 18.1. The van der Waals surface area contributed by atoms with Gasteiger partial charge in [0, 0.05) is 31.9 Å². The summed E-state index contributed by atoms with van der Waals surface area (Å²) in [5.74, 6) is -0.0751. The molecule has 2 atom stereocenters. The Morgan fingerprint density at radius 1 is 1.03 bits per heavy atom. The standard InChI is InChI=1S/C30H29N5O2/c31-15-20-4-3-6-24(14-20)35-19-33-27-16-32-28(30(37)29(27)35)22-10-8-21(9-11-22)26-7-2-1-5-23(26)17-34-13-12-25(36)18-34/h1-11,14,16,19,25,28,36H,12-13,15,17-18,31H2/t25-,28?/m1/s1. The molecular formula is C30H29N5O2. The van der Waals surface area contributed by atoms with Gasteiger partial charge in [-0.15, -0.1) is 0 Å². The SMILES string of the molecule is NCc1cccc(-n2cnc3c2C(=O)C(c2ccc(-c4ccccc4CN4CC[C@@H](O)C4)cc2)N=C3)c1. The third-order valence-electron chi connectivity index (χ3n) is 7.24. The van der Waals surface area contributed by atoms with Crippen molar-refractivity contribution in [2.75, 3.05) is 13.1 Å². The molecule has 1 aromatic heterocycles. The fraction of sp³-hybridized carbons (Fsp3) is 0.233. The predicted octanol–water partition coefficient (Wildman–Crippen LogP) is 3.92. The fourth-order valence-corrected chi connectivity index (χ4v) is 5.29. The molecule has 6 rings (SSSR count). The van der Waals surface area contributed by atoms with Crippen molar-refractivity contribution in [1.29, 1.82) is 0 Å². The first-order valence-electron chi connectivity index (χ1n) is 12.6. The zero-order valence-electron chi connectivity index (χ0n) is 20.5. The molecule has 3 aromatic carbocycles. The van der Waals surface area contributed by atoms with Crippen LogP contribution < -0.4 is 5.73 Å². The van der Waals surface area contributed by atoms with Crippen molar-refractivity contribution in [1.82, 2.24) is 14.5 Å².